The fourth-order valence-electron chi connectivity index (χ4n) is 2.90. The topological polar surface area (TPSA) is 77.4 Å². The van der Waals surface area contributed by atoms with Crippen LogP contribution in [0.4, 0.5) is 0 Å². The van der Waals surface area contributed by atoms with Gasteiger partial charge in [0.15, 0.2) is 0 Å². The SMILES string of the molecule is CCCCCCCCCCC(CCC(O)CCCC)S(=O)(=O)[O-].[Na+]. The third-order valence-corrected chi connectivity index (χ3v) is 5.79. The van der Waals surface area contributed by atoms with E-state index < -0.39 is 21.5 Å². The Balaban J connectivity index is 0. The van der Waals surface area contributed by atoms with Crippen LogP contribution in [-0.2, 0) is 10.1 Å². The number of rotatable bonds is 16. The average molecular weight is 373 g/mol. The Bertz CT molecular complexity index is 360. The summed E-state index contributed by atoms with van der Waals surface area (Å²) in [7, 11) is -4.25. The summed E-state index contributed by atoms with van der Waals surface area (Å²) >= 11 is 0. The van der Waals surface area contributed by atoms with Crippen LogP contribution in [0.1, 0.15) is 104 Å². The minimum Gasteiger partial charge on any atom is -0.748 e. The Labute approximate surface area is 172 Å². The molecule has 0 aliphatic carbocycles. The molecule has 2 atom stereocenters. The van der Waals surface area contributed by atoms with Crippen LogP contribution in [0.2, 0.25) is 0 Å². The first-order valence-corrected chi connectivity index (χ1v) is 11.0. The molecule has 0 bridgehead atoms. The Morgan fingerprint density at radius 1 is 0.750 bits per heavy atom. The standard InChI is InChI=1S/C18H38O4S.Na/c1-3-5-7-8-9-10-11-12-14-18(23(20,21)22)16-15-17(19)13-6-4-2;/h17-19H,3-16H2,1-2H3,(H,20,21,22);/q;+1/p-1. The minimum atomic E-state index is -4.25. The third-order valence-electron chi connectivity index (χ3n) is 4.50. The zero-order chi connectivity index (χ0) is 17.6. The molecule has 24 heavy (non-hydrogen) atoms. The van der Waals surface area contributed by atoms with E-state index >= 15 is 0 Å². The first-order chi connectivity index (χ1) is 10.9. The molecular formula is C18H37NaO4S. The predicted molar refractivity (Wildman–Crippen MR) is 95.5 cm³/mol. The van der Waals surface area contributed by atoms with Crippen molar-refractivity contribution < 1.29 is 47.6 Å². The van der Waals surface area contributed by atoms with Crippen molar-refractivity contribution in [3.8, 4) is 0 Å². The maximum absolute atomic E-state index is 11.4. The van der Waals surface area contributed by atoms with Crippen molar-refractivity contribution in [1.82, 2.24) is 0 Å². The molecule has 0 aliphatic heterocycles. The molecule has 4 nitrogen and oxygen atoms in total. The van der Waals surface area contributed by atoms with Gasteiger partial charge < -0.3 is 9.66 Å². The summed E-state index contributed by atoms with van der Waals surface area (Å²) in [6.45, 7) is 4.25. The van der Waals surface area contributed by atoms with Crippen LogP contribution in [0, 0.1) is 0 Å². The number of aliphatic hydroxyl groups excluding tert-OH is 1. The second-order valence-corrected chi connectivity index (χ2v) is 8.40. The van der Waals surface area contributed by atoms with Gasteiger partial charge >= 0.3 is 29.6 Å². The van der Waals surface area contributed by atoms with Crippen LogP contribution in [0.3, 0.4) is 0 Å². The van der Waals surface area contributed by atoms with Gasteiger partial charge in [-0.25, -0.2) is 8.42 Å². The van der Waals surface area contributed by atoms with Gasteiger partial charge in [0.2, 0.25) is 0 Å². The van der Waals surface area contributed by atoms with E-state index in [9.17, 15) is 18.1 Å². The zero-order valence-electron chi connectivity index (χ0n) is 16.1. The molecule has 0 aliphatic rings. The van der Waals surface area contributed by atoms with E-state index in [0.717, 1.165) is 32.1 Å². The number of aliphatic hydroxyl groups is 1. The van der Waals surface area contributed by atoms with Crippen molar-refractivity contribution in [3.63, 3.8) is 0 Å². The van der Waals surface area contributed by atoms with Gasteiger partial charge in [0, 0.05) is 5.25 Å². The van der Waals surface area contributed by atoms with E-state index in [2.05, 4.69) is 13.8 Å². The second kappa shape index (κ2) is 17.3. The van der Waals surface area contributed by atoms with Crippen LogP contribution in [0.5, 0.6) is 0 Å². The number of unbranched alkanes of at least 4 members (excludes halogenated alkanes) is 8. The van der Waals surface area contributed by atoms with Crippen molar-refractivity contribution in [1.29, 1.82) is 0 Å². The van der Waals surface area contributed by atoms with Gasteiger partial charge in [-0.05, 0) is 25.7 Å². The average Bonchev–Trinajstić information content (AvgIpc) is 2.49. The molecule has 0 radical (unpaired) electrons. The normalized spacial score (nSPS) is 14.2. The van der Waals surface area contributed by atoms with E-state index in [1.54, 1.807) is 0 Å². The summed E-state index contributed by atoms with van der Waals surface area (Å²) in [6, 6.07) is 0. The van der Waals surface area contributed by atoms with E-state index in [-0.39, 0.29) is 29.6 Å². The van der Waals surface area contributed by atoms with Crippen LogP contribution >= 0.6 is 0 Å². The van der Waals surface area contributed by atoms with E-state index in [4.69, 9.17) is 0 Å². The molecule has 0 saturated heterocycles. The molecule has 0 aromatic rings. The van der Waals surface area contributed by atoms with Crippen molar-refractivity contribution >= 4 is 10.1 Å². The smallest absolute Gasteiger partial charge is 0.748 e. The van der Waals surface area contributed by atoms with Gasteiger partial charge in [-0.3, -0.25) is 0 Å². The molecule has 0 heterocycles. The molecule has 6 heteroatoms. The van der Waals surface area contributed by atoms with Crippen LogP contribution in [-0.4, -0.2) is 29.4 Å². The van der Waals surface area contributed by atoms with Crippen molar-refractivity contribution in [2.45, 2.75) is 115 Å². The molecule has 0 saturated carbocycles. The van der Waals surface area contributed by atoms with Crippen LogP contribution in [0.15, 0.2) is 0 Å². The first-order valence-electron chi connectivity index (χ1n) is 9.54. The quantitative estimate of drug-likeness (QED) is 0.254. The predicted octanol–water partition coefficient (Wildman–Crippen LogP) is 1.77. The van der Waals surface area contributed by atoms with Gasteiger partial charge in [-0.15, -0.1) is 0 Å². The number of hydrogen-bond donors (Lipinski definition) is 1. The maximum Gasteiger partial charge on any atom is 1.00 e. The van der Waals surface area contributed by atoms with E-state index in [0.29, 0.717) is 25.7 Å². The Morgan fingerprint density at radius 2 is 1.25 bits per heavy atom. The fourth-order valence-corrected chi connectivity index (χ4v) is 3.78. The maximum atomic E-state index is 11.4. The Hall–Kier alpha value is 0.870. The van der Waals surface area contributed by atoms with Gasteiger partial charge in [0.1, 0.15) is 0 Å². The second-order valence-electron chi connectivity index (χ2n) is 6.75. The van der Waals surface area contributed by atoms with Gasteiger partial charge in [0.05, 0.1) is 16.2 Å². The largest absolute Gasteiger partial charge is 1.00 e. The third kappa shape index (κ3) is 16.3. The summed E-state index contributed by atoms with van der Waals surface area (Å²) in [4.78, 5) is 0. The number of hydrogen-bond acceptors (Lipinski definition) is 4. The molecule has 1 N–H and O–H groups in total. The minimum absolute atomic E-state index is 0. The van der Waals surface area contributed by atoms with Crippen LogP contribution < -0.4 is 29.6 Å². The Kier molecular flexibility index (Phi) is 19.5. The molecular weight excluding hydrogens is 335 g/mol. The first kappa shape index (κ1) is 27.1. The van der Waals surface area contributed by atoms with Crippen molar-refractivity contribution in [2.24, 2.45) is 0 Å². The van der Waals surface area contributed by atoms with E-state index in [1.165, 1.54) is 32.1 Å². The summed E-state index contributed by atoms with van der Waals surface area (Å²) < 4.78 is 34.1. The fraction of sp³-hybridized carbons (Fsp3) is 1.00. The molecule has 0 amide bonds. The molecule has 0 aromatic carbocycles. The summed E-state index contributed by atoms with van der Waals surface area (Å²) in [6.07, 6.45) is 12.5. The van der Waals surface area contributed by atoms with Crippen LogP contribution in [0.25, 0.3) is 0 Å². The zero-order valence-corrected chi connectivity index (χ0v) is 19.0. The molecule has 0 aromatic heterocycles. The van der Waals surface area contributed by atoms with Gasteiger partial charge in [0.25, 0.3) is 0 Å². The molecule has 140 valence electrons. The summed E-state index contributed by atoms with van der Waals surface area (Å²) in [5.74, 6) is 0. The van der Waals surface area contributed by atoms with Gasteiger partial charge in [-0.2, -0.15) is 0 Å². The molecule has 0 spiro atoms. The van der Waals surface area contributed by atoms with E-state index in [1.807, 2.05) is 0 Å². The Morgan fingerprint density at radius 3 is 1.75 bits per heavy atom. The van der Waals surface area contributed by atoms with Crippen molar-refractivity contribution in [3.05, 3.63) is 0 Å². The molecule has 0 rings (SSSR count). The monoisotopic (exact) mass is 372 g/mol. The van der Waals surface area contributed by atoms with Gasteiger partial charge in [-0.1, -0.05) is 78.1 Å². The molecule has 2 unspecified atom stereocenters. The van der Waals surface area contributed by atoms with Crippen molar-refractivity contribution in [2.75, 3.05) is 0 Å². The summed E-state index contributed by atoms with van der Waals surface area (Å²) in [5.41, 5.74) is 0. The summed E-state index contributed by atoms with van der Waals surface area (Å²) in [5, 5.41) is 8.99. The molecule has 0 fully saturated rings.